The fraction of sp³-hybridized carbons (Fsp3) is 0.708. The van der Waals surface area contributed by atoms with Gasteiger partial charge in [-0.25, -0.2) is 8.42 Å². The molecule has 2 unspecified atom stereocenters. The fourth-order valence-corrected chi connectivity index (χ4v) is 7.24. The highest BCUT2D eigenvalue weighted by atomic mass is 32.2. The van der Waals surface area contributed by atoms with Gasteiger partial charge < -0.3 is 10.2 Å². The second-order valence-electron chi connectivity index (χ2n) is 9.49. The average molecular weight is 433 g/mol. The van der Waals surface area contributed by atoms with Gasteiger partial charge in [-0.1, -0.05) is 37.5 Å². The van der Waals surface area contributed by atoms with E-state index in [0.29, 0.717) is 6.42 Å². The van der Waals surface area contributed by atoms with Gasteiger partial charge in [-0.3, -0.25) is 4.79 Å². The third-order valence-electron chi connectivity index (χ3n) is 7.29. The van der Waals surface area contributed by atoms with E-state index in [2.05, 4.69) is 30.4 Å². The Labute approximate surface area is 181 Å². The third-order valence-corrected chi connectivity index (χ3v) is 9.04. The van der Waals surface area contributed by atoms with Crippen LogP contribution < -0.4 is 5.32 Å². The molecule has 2 fully saturated rings. The molecule has 166 valence electrons. The van der Waals surface area contributed by atoms with Crippen LogP contribution in [0.15, 0.2) is 18.2 Å². The van der Waals surface area contributed by atoms with E-state index in [-0.39, 0.29) is 42.1 Å². The molecule has 3 aliphatic rings. The molecule has 5 nitrogen and oxygen atoms in total. The highest BCUT2D eigenvalue weighted by Gasteiger charge is 2.38. The number of hydrogen-bond donors (Lipinski definition) is 1. The Bertz CT molecular complexity index is 861. The monoisotopic (exact) mass is 432 g/mol. The molecule has 1 saturated heterocycles. The van der Waals surface area contributed by atoms with Crippen LogP contribution in [0.3, 0.4) is 0 Å². The van der Waals surface area contributed by atoms with E-state index in [1.165, 1.54) is 42.4 Å². The number of aryl methyl sites for hydroxylation is 2. The smallest absolute Gasteiger partial charge is 0.237 e. The normalized spacial score (nSPS) is 24.9. The van der Waals surface area contributed by atoms with Gasteiger partial charge in [0.25, 0.3) is 0 Å². The van der Waals surface area contributed by atoms with Gasteiger partial charge in [0.05, 0.1) is 18.1 Å². The maximum Gasteiger partial charge on any atom is 0.237 e. The molecule has 1 aromatic rings. The molecule has 1 amide bonds. The topological polar surface area (TPSA) is 66.5 Å². The van der Waals surface area contributed by atoms with Crippen molar-refractivity contribution in [1.29, 1.82) is 0 Å². The van der Waals surface area contributed by atoms with E-state index in [9.17, 15) is 13.2 Å². The van der Waals surface area contributed by atoms with Gasteiger partial charge in [0, 0.05) is 18.1 Å². The van der Waals surface area contributed by atoms with Crippen LogP contribution in [0.25, 0.3) is 0 Å². The Morgan fingerprint density at radius 3 is 2.47 bits per heavy atom. The van der Waals surface area contributed by atoms with Crippen LogP contribution in [0.4, 0.5) is 0 Å². The molecule has 2 aliphatic carbocycles. The molecule has 1 aliphatic heterocycles. The van der Waals surface area contributed by atoms with Crippen LogP contribution >= 0.6 is 0 Å². The van der Waals surface area contributed by atoms with E-state index in [0.717, 1.165) is 32.1 Å². The quantitative estimate of drug-likeness (QED) is 0.746. The number of nitrogens with one attached hydrogen (secondary N) is 1. The first kappa shape index (κ1) is 21.8. The lowest BCUT2D eigenvalue weighted by atomic mass is 9.89. The lowest BCUT2D eigenvalue weighted by Crippen LogP contribution is -2.51. The summed E-state index contributed by atoms with van der Waals surface area (Å²) in [5, 5.41) is 3.43. The van der Waals surface area contributed by atoms with Gasteiger partial charge in [-0.05, 0) is 68.6 Å². The van der Waals surface area contributed by atoms with Crippen LogP contribution in [-0.4, -0.2) is 49.4 Å². The summed E-state index contributed by atoms with van der Waals surface area (Å²) in [6.45, 7) is 2.38. The molecule has 1 saturated carbocycles. The third kappa shape index (κ3) is 5.08. The summed E-state index contributed by atoms with van der Waals surface area (Å²) in [6.07, 6.45) is 10.9. The van der Waals surface area contributed by atoms with Crippen molar-refractivity contribution in [3.63, 3.8) is 0 Å². The van der Waals surface area contributed by atoms with Gasteiger partial charge in [0.15, 0.2) is 9.84 Å². The van der Waals surface area contributed by atoms with Crippen molar-refractivity contribution in [3.05, 3.63) is 34.9 Å². The lowest BCUT2D eigenvalue weighted by molar-refractivity contribution is -0.135. The molecule has 0 aromatic heterocycles. The molecule has 0 bridgehead atoms. The number of nitrogens with zero attached hydrogens (tertiary/aromatic N) is 1. The first-order chi connectivity index (χ1) is 14.4. The zero-order valence-corrected chi connectivity index (χ0v) is 19.1. The van der Waals surface area contributed by atoms with Gasteiger partial charge in [0.1, 0.15) is 0 Å². The molecular weight excluding hydrogens is 396 g/mol. The van der Waals surface area contributed by atoms with Crippen LogP contribution in [0.1, 0.15) is 81.0 Å². The number of hydrogen-bond acceptors (Lipinski definition) is 4. The fourth-order valence-electron chi connectivity index (χ4n) is 5.53. The Balaban J connectivity index is 1.41. The van der Waals surface area contributed by atoms with Crippen molar-refractivity contribution in [1.82, 2.24) is 10.2 Å². The SMILES string of the molecule is CC(NCC(=O)N(C1CCCCC1)C1CCS(=O)(=O)C1)c1ccc2c(c1)CCCC2. The van der Waals surface area contributed by atoms with Crippen molar-refractivity contribution >= 4 is 15.7 Å². The highest BCUT2D eigenvalue weighted by molar-refractivity contribution is 7.91. The number of carbonyl (C=O) groups is 1. The molecule has 6 heteroatoms. The summed E-state index contributed by atoms with van der Waals surface area (Å²) in [5.74, 6) is 0.414. The number of rotatable bonds is 6. The Hall–Kier alpha value is -1.40. The predicted molar refractivity (Wildman–Crippen MR) is 120 cm³/mol. The van der Waals surface area contributed by atoms with E-state index in [1.54, 1.807) is 0 Å². The van der Waals surface area contributed by atoms with Gasteiger partial charge in [-0.15, -0.1) is 0 Å². The van der Waals surface area contributed by atoms with Crippen molar-refractivity contribution in [3.8, 4) is 0 Å². The molecule has 0 radical (unpaired) electrons. The molecule has 2 atom stereocenters. The summed E-state index contributed by atoms with van der Waals surface area (Å²) in [4.78, 5) is 15.2. The first-order valence-electron chi connectivity index (χ1n) is 11.8. The zero-order valence-electron chi connectivity index (χ0n) is 18.2. The zero-order chi connectivity index (χ0) is 21.1. The van der Waals surface area contributed by atoms with Crippen LogP contribution in [0.2, 0.25) is 0 Å². The molecule has 30 heavy (non-hydrogen) atoms. The summed E-state index contributed by atoms with van der Waals surface area (Å²) in [7, 11) is -3.01. The second-order valence-corrected chi connectivity index (χ2v) is 11.7. The van der Waals surface area contributed by atoms with E-state index in [1.807, 2.05) is 4.90 Å². The van der Waals surface area contributed by atoms with Gasteiger partial charge in [0.2, 0.25) is 5.91 Å². The van der Waals surface area contributed by atoms with Crippen molar-refractivity contribution < 1.29 is 13.2 Å². The Kier molecular flexibility index (Phi) is 6.83. The van der Waals surface area contributed by atoms with E-state index >= 15 is 0 Å². The highest BCUT2D eigenvalue weighted by Crippen LogP contribution is 2.29. The van der Waals surface area contributed by atoms with Crippen molar-refractivity contribution in [2.45, 2.75) is 89.3 Å². The maximum atomic E-state index is 13.3. The first-order valence-corrected chi connectivity index (χ1v) is 13.6. The standard InChI is InChI=1S/C24H36N2O3S/c1-18(20-12-11-19-7-5-6-8-21(19)15-20)25-16-24(27)26(22-9-3-2-4-10-22)23-13-14-30(28,29)17-23/h11-12,15,18,22-23,25H,2-10,13-14,16-17H2,1H3. The van der Waals surface area contributed by atoms with E-state index in [4.69, 9.17) is 0 Å². The number of fused-ring (bicyclic) bond motifs is 1. The summed E-state index contributed by atoms with van der Waals surface area (Å²) in [5.41, 5.74) is 4.16. The minimum Gasteiger partial charge on any atom is -0.335 e. The Morgan fingerprint density at radius 2 is 1.77 bits per heavy atom. The van der Waals surface area contributed by atoms with Gasteiger partial charge >= 0.3 is 0 Å². The van der Waals surface area contributed by atoms with Crippen LogP contribution in [0.5, 0.6) is 0 Å². The summed E-state index contributed by atoms with van der Waals surface area (Å²) < 4.78 is 24.1. The summed E-state index contributed by atoms with van der Waals surface area (Å²) in [6, 6.07) is 6.90. The average Bonchev–Trinajstić information content (AvgIpc) is 3.11. The number of benzene rings is 1. The molecular formula is C24H36N2O3S. The largest absolute Gasteiger partial charge is 0.335 e. The second kappa shape index (κ2) is 9.39. The van der Waals surface area contributed by atoms with E-state index < -0.39 is 9.84 Å². The minimum absolute atomic E-state index is 0.0637. The molecule has 1 heterocycles. The number of carbonyl (C=O) groups excluding carboxylic acids is 1. The lowest BCUT2D eigenvalue weighted by Gasteiger charge is -2.38. The molecule has 1 aromatic carbocycles. The number of sulfone groups is 1. The predicted octanol–water partition coefficient (Wildman–Crippen LogP) is 3.56. The maximum absolute atomic E-state index is 13.3. The summed E-state index contributed by atoms with van der Waals surface area (Å²) >= 11 is 0. The van der Waals surface area contributed by atoms with Crippen molar-refractivity contribution in [2.24, 2.45) is 0 Å². The molecule has 4 rings (SSSR count). The van der Waals surface area contributed by atoms with Crippen LogP contribution in [-0.2, 0) is 27.5 Å². The minimum atomic E-state index is -3.01. The van der Waals surface area contributed by atoms with Gasteiger partial charge in [-0.2, -0.15) is 0 Å². The van der Waals surface area contributed by atoms with Crippen molar-refractivity contribution in [2.75, 3.05) is 18.1 Å². The van der Waals surface area contributed by atoms with Crippen LogP contribution in [0, 0.1) is 0 Å². The Morgan fingerprint density at radius 1 is 1.03 bits per heavy atom. The number of amides is 1. The molecule has 1 N–H and O–H groups in total. The molecule has 0 spiro atoms.